The molecule has 0 bridgehead atoms. The number of carbonyl (C=O) groups is 1. The second-order valence-electron chi connectivity index (χ2n) is 5.09. The summed E-state index contributed by atoms with van der Waals surface area (Å²) in [5.41, 5.74) is 5.81. The predicted molar refractivity (Wildman–Crippen MR) is 88.1 cm³/mol. The van der Waals surface area contributed by atoms with Crippen molar-refractivity contribution >= 4 is 11.4 Å². The van der Waals surface area contributed by atoms with Crippen molar-refractivity contribution in [2.24, 2.45) is 0 Å². The van der Waals surface area contributed by atoms with Gasteiger partial charge in [-0.05, 0) is 35.3 Å². The fraction of sp³-hybridized carbons (Fsp3) is 0.0500. The molecule has 1 aliphatic carbocycles. The van der Waals surface area contributed by atoms with Crippen molar-refractivity contribution in [2.45, 2.75) is 6.92 Å². The lowest BCUT2D eigenvalue weighted by Gasteiger charge is -2.05. The number of hydrogen-bond donors (Lipinski definition) is 0. The summed E-state index contributed by atoms with van der Waals surface area (Å²) in [6, 6.07) is 16.2. The Bertz CT molecular complexity index is 777. The lowest BCUT2D eigenvalue weighted by molar-refractivity contribution is 0.104. The maximum Gasteiger partial charge on any atom is 0.193 e. The first-order valence-electron chi connectivity index (χ1n) is 6.97. The molecule has 0 atom stereocenters. The Balaban J connectivity index is 2.07. The highest BCUT2D eigenvalue weighted by atomic mass is 16.1. The van der Waals surface area contributed by atoms with Gasteiger partial charge in [-0.15, -0.1) is 0 Å². The van der Waals surface area contributed by atoms with Crippen molar-refractivity contribution in [3.8, 4) is 11.1 Å². The van der Waals surface area contributed by atoms with Crippen LogP contribution in [0.1, 0.15) is 22.8 Å². The summed E-state index contributed by atoms with van der Waals surface area (Å²) < 4.78 is 0. The largest absolute Gasteiger partial charge is 0.289 e. The standard InChI is InChI=1S/C20H16O/c1-3-4-10-18-14(2)17-12-11-16(13-19(17)20(18)21)15-8-6-5-7-9-15/h3-13H,1H2,2H3/b10-4-. The number of benzene rings is 2. The van der Waals surface area contributed by atoms with Gasteiger partial charge in [-0.1, -0.05) is 67.3 Å². The van der Waals surface area contributed by atoms with Crippen molar-refractivity contribution < 1.29 is 4.79 Å². The minimum absolute atomic E-state index is 0.0957. The minimum Gasteiger partial charge on any atom is -0.289 e. The van der Waals surface area contributed by atoms with E-state index in [1.54, 1.807) is 12.2 Å². The molecule has 0 aromatic heterocycles. The summed E-state index contributed by atoms with van der Waals surface area (Å²) >= 11 is 0. The van der Waals surface area contributed by atoms with Crippen LogP contribution in [0, 0.1) is 0 Å². The maximum atomic E-state index is 12.6. The van der Waals surface area contributed by atoms with E-state index in [0.717, 1.165) is 33.4 Å². The van der Waals surface area contributed by atoms with Crippen LogP contribution in [0.15, 0.2) is 78.9 Å². The van der Waals surface area contributed by atoms with Crippen molar-refractivity contribution in [3.63, 3.8) is 0 Å². The quantitative estimate of drug-likeness (QED) is 0.713. The summed E-state index contributed by atoms with van der Waals surface area (Å²) in [5.74, 6) is 0.0957. The van der Waals surface area contributed by atoms with E-state index >= 15 is 0 Å². The number of hydrogen-bond acceptors (Lipinski definition) is 1. The Morgan fingerprint density at radius 2 is 1.71 bits per heavy atom. The Hall–Kier alpha value is -2.67. The Labute approximate surface area is 124 Å². The van der Waals surface area contributed by atoms with Crippen molar-refractivity contribution in [1.82, 2.24) is 0 Å². The number of carbonyl (C=O) groups excluding carboxylic acids is 1. The predicted octanol–water partition coefficient (Wildman–Crippen LogP) is 5.07. The monoisotopic (exact) mass is 272 g/mol. The minimum atomic E-state index is 0.0957. The van der Waals surface area contributed by atoms with E-state index in [2.05, 4.69) is 24.8 Å². The van der Waals surface area contributed by atoms with E-state index in [1.807, 2.05) is 43.3 Å². The SMILES string of the molecule is C=C/C=C\C1=C(C)c2ccc(-c3ccccc3)cc2C1=O. The van der Waals surface area contributed by atoms with Gasteiger partial charge in [0, 0.05) is 11.1 Å². The summed E-state index contributed by atoms with van der Waals surface area (Å²) in [4.78, 5) is 12.6. The number of ketones is 1. The fourth-order valence-electron chi connectivity index (χ4n) is 2.69. The Kier molecular flexibility index (Phi) is 3.41. The van der Waals surface area contributed by atoms with E-state index in [9.17, 15) is 4.79 Å². The van der Waals surface area contributed by atoms with E-state index < -0.39 is 0 Å². The zero-order chi connectivity index (χ0) is 14.8. The first-order valence-corrected chi connectivity index (χ1v) is 6.97. The van der Waals surface area contributed by atoms with Gasteiger partial charge in [0.15, 0.2) is 5.78 Å². The summed E-state index contributed by atoms with van der Waals surface area (Å²) in [6.45, 7) is 5.65. The molecule has 0 fully saturated rings. The average molecular weight is 272 g/mol. The molecule has 0 N–H and O–H groups in total. The third kappa shape index (κ3) is 2.27. The van der Waals surface area contributed by atoms with Crippen molar-refractivity contribution in [2.75, 3.05) is 0 Å². The number of rotatable bonds is 3. The molecule has 0 saturated heterocycles. The maximum absolute atomic E-state index is 12.6. The topological polar surface area (TPSA) is 17.1 Å². The van der Waals surface area contributed by atoms with Crippen LogP contribution in [0.25, 0.3) is 16.7 Å². The Morgan fingerprint density at radius 1 is 0.952 bits per heavy atom. The van der Waals surface area contributed by atoms with Gasteiger partial charge in [-0.3, -0.25) is 4.79 Å². The van der Waals surface area contributed by atoms with E-state index in [4.69, 9.17) is 0 Å². The molecule has 0 saturated carbocycles. The third-order valence-corrected chi connectivity index (χ3v) is 3.82. The smallest absolute Gasteiger partial charge is 0.193 e. The Morgan fingerprint density at radius 3 is 2.43 bits per heavy atom. The molecule has 0 heterocycles. The molecular weight excluding hydrogens is 256 g/mol. The highest BCUT2D eigenvalue weighted by Crippen LogP contribution is 2.35. The molecule has 1 heteroatoms. The molecule has 1 nitrogen and oxygen atoms in total. The molecule has 21 heavy (non-hydrogen) atoms. The van der Waals surface area contributed by atoms with Crippen LogP contribution in [0.3, 0.4) is 0 Å². The molecule has 0 unspecified atom stereocenters. The van der Waals surface area contributed by atoms with Gasteiger partial charge in [0.05, 0.1) is 0 Å². The van der Waals surface area contributed by atoms with Crippen molar-refractivity contribution in [3.05, 3.63) is 90.0 Å². The van der Waals surface area contributed by atoms with Crippen LogP contribution in [-0.4, -0.2) is 5.78 Å². The molecule has 1 aliphatic rings. The zero-order valence-corrected chi connectivity index (χ0v) is 12.0. The van der Waals surface area contributed by atoms with Crippen LogP contribution in [0.2, 0.25) is 0 Å². The lowest BCUT2D eigenvalue weighted by atomic mass is 9.98. The highest BCUT2D eigenvalue weighted by Gasteiger charge is 2.25. The van der Waals surface area contributed by atoms with Gasteiger partial charge < -0.3 is 0 Å². The van der Waals surface area contributed by atoms with E-state index in [-0.39, 0.29) is 5.78 Å². The molecule has 3 rings (SSSR count). The van der Waals surface area contributed by atoms with Crippen molar-refractivity contribution in [1.29, 1.82) is 0 Å². The van der Waals surface area contributed by atoms with Crippen LogP contribution in [0.5, 0.6) is 0 Å². The first-order chi connectivity index (χ1) is 10.2. The van der Waals surface area contributed by atoms with Gasteiger partial charge in [-0.2, -0.15) is 0 Å². The molecular formula is C20H16O. The highest BCUT2D eigenvalue weighted by molar-refractivity contribution is 6.22. The van der Waals surface area contributed by atoms with Crippen LogP contribution < -0.4 is 0 Å². The molecule has 102 valence electrons. The van der Waals surface area contributed by atoms with Crippen LogP contribution in [-0.2, 0) is 0 Å². The average Bonchev–Trinajstić information content (AvgIpc) is 2.77. The molecule has 0 aliphatic heterocycles. The first kappa shape index (κ1) is 13.3. The van der Waals surface area contributed by atoms with E-state index in [0.29, 0.717) is 0 Å². The summed E-state index contributed by atoms with van der Waals surface area (Å²) in [5, 5.41) is 0. The third-order valence-electron chi connectivity index (χ3n) is 3.82. The fourth-order valence-corrected chi connectivity index (χ4v) is 2.69. The van der Waals surface area contributed by atoms with Crippen LogP contribution >= 0.6 is 0 Å². The lowest BCUT2D eigenvalue weighted by Crippen LogP contribution is -1.97. The molecule has 2 aromatic carbocycles. The van der Waals surface area contributed by atoms with Gasteiger partial charge in [-0.25, -0.2) is 0 Å². The number of fused-ring (bicyclic) bond motifs is 1. The zero-order valence-electron chi connectivity index (χ0n) is 12.0. The van der Waals surface area contributed by atoms with E-state index in [1.165, 1.54) is 0 Å². The number of Topliss-reactive ketones (excluding diaryl/α,β-unsaturated/α-hetero) is 1. The second-order valence-corrected chi connectivity index (χ2v) is 5.09. The summed E-state index contributed by atoms with van der Waals surface area (Å²) in [7, 11) is 0. The molecule has 0 radical (unpaired) electrons. The van der Waals surface area contributed by atoms with Gasteiger partial charge >= 0.3 is 0 Å². The van der Waals surface area contributed by atoms with Gasteiger partial charge in [0.25, 0.3) is 0 Å². The van der Waals surface area contributed by atoms with Gasteiger partial charge in [0.1, 0.15) is 0 Å². The summed E-state index contributed by atoms with van der Waals surface area (Å²) in [6.07, 6.45) is 5.33. The molecule has 2 aromatic rings. The molecule has 0 spiro atoms. The number of allylic oxidation sites excluding steroid dienone is 5. The van der Waals surface area contributed by atoms with Crippen LogP contribution in [0.4, 0.5) is 0 Å². The second kappa shape index (κ2) is 5.37. The molecule has 0 amide bonds. The normalized spacial score (nSPS) is 13.9. The van der Waals surface area contributed by atoms with Gasteiger partial charge in [0.2, 0.25) is 0 Å².